The van der Waals surface area contributed by atoms with Gasteiger partial charge in [0.2, 0.25) is 0 Å². The number of ether oxygens (including phenoxy) is 1. The van der Waals surface area contributed by atoms with Crippen LogP contribution in [-0.2, 0) is 0 Å². The minimum Gasteiger partial charge on any atom is -0.490 e. The summed E-state index contributed by atoms with van der Waals surface area (Å²) in [5.41, 5.74) is 3.79. The van der Waals surface area contributed by atoms with E-state index in [0.717, 1.165) is 11.3 Å². The Kier molecular flexibility index (Phi) is 5.23. The van der Waals surface area contributed by atoms with Crippen molar-refractivity contribution in [1.29, 1.82) is 0 Å². The van der Waals surface area contributed by atoms with E-state index >= 15 is 0 Å². The van der Waals surface area contributed by atoms with Crippen molar-refractivity contribution in [3.05, 3.63) is 72.6 Å². The van der Waals surface area contributed by atoms with Gasteiger partial charge in [-0.1, -0.05) is 24.8 Å². The van der Waals surface area contributed by atoms with E-state index in [1.807, 2.05) is 24.3 Å². The molecule has 0 aliphatic carbocycles. The fourth-order valence-corrected chi connectivity index (χ4v) is 1.57. The molecule has 1 N–H and O–H groups in total. The number of hydrogen-bond acceptors (Lipinski definition) is 4. The van der Waals surface area contributed by atoms with Crippen molar-refractivity contribution >= 4 is 12.1 Å². The number of carbonyl (C=O) groups excluding carboxylic acids is 1. The lowest BCUT2D eigenvalue weighted by Crippen LogP contribution is -2.17. The molecule has 0 unspecified atom stereocenters. The Hall–Kier alpha value is -2.95. The summed E-state index contributed by atoms with van der Waals surface area (Å²) in [7, 11) is 0. The molecule has 21 heavy (non-hydrogen) atoms. The van der Waals surface area contributed by atoms with E-state index in [4.69, 9.17) is 4.74 Å². The van der Waals surface area contributed by atoms with Gasteiger partial charge in [0.25, 0.3) is 5.91 Å². The van der Waals surface area contributed by atoms with Gasteiger partial charge in [-0.2, -0.15) is 5.10 Å². The van der Waals surface area contributed by atoms with Gasteiger partial charge >= 0.3 is 0 Å². The van der Waals surface area contributed by atoms with Crippen LogP contribution in [-0.4, -0.2) is 23.7 Å². The molecule has 1 aromatic heterocycles. The van der Waals surface area contributed by atoms with Gasteiger partial charge in [0.05, 0.1) is 6.21 Å². The summed E-state index contributed by atoms with van der Waals surface area (Å²) < 4.78 is 5.42. The van der Waals surface area contributed by atoms with E-state index in [0.29, 0.717) is 12.2 Å². The Balaban J connectivity index is 1.95. The maximum Gasteiger partial charge on any atom is 0.271 e. The molecule has 0 aliphatic rings. The molecule has 0 fully saturated rings. The highest BCUT2D eigenvalue weighted by molar-refractivity contribution is 5.94. The topological polar surface area (TPSA) is 63.6 Å². The monoisotopic (exact) mass is 281 g/mol. The van der Waals surface area contributed by atoms with Crippen molar-refractivity contribution in [2.45, 2.75) is 0 Å². The molecule has 0 saturated heterocycles. The van der Waals surface area contributed by atoms with Crippen LogP contribution in [0.5, 0.6) is 5.75 Å². The summed E-state index contributed by atoms with van der Waals surface area (Å²) in [4.78, 5) is 15.6. The number of nitrogens with one attached hydrogen (secondary N) is 1. The number of carbonyl (C=O) groups is 1. The van der Waals surface area contributed by atoms with Crippen molar-refractivity contribution in [2.75, 3.05) is 6.61 Å². The fourth-order valence-electron chi connectivity index (χ4n) is 1.57. The van der Waals surface area contributed by atoms with Crippen LogP contribution in [0.15, 0.2) is 66.5 Å². The van der Waals surface area contributed by atoms with Crippen molar-refractivity contribution in [1.82, 2.24) is 10.4 Å². The normalized spacial score (nSPS) is 10.3. The highest BCUT2D eigenvalue weighted by atomic mass is 16.5. The SMILES string of the molecule is C=CCOc1cccc(/C=N\NC(=O)c2ccncc2)c1. The fraction of sp³-hybridized carbons (Fsp3) is 0.0625. The van der Waals surface area contributed by atoms with Crippen LogP contribution >= 0.6 is 0 Å². The molecule has 5 heteroatoms. The second-order valence-electron chi connectivity index (χ2n) is 4.11. The number of hydrazone groups is 1. The lowest BCUT2D eigenvalue weighted by Gasteiger charge is -2.03. The molecule has 0 bridgehead atoms. The Morgan fingerprint density at radius 2 is 2.14 bits per heavy atom. The van der Waals surface area contributed by atoms with E-state index < -0.39 is 0 Å². The first-order chi connectivity index (χ1) is 10.3. The van der Waals surface area contributed by atoms with Crippen molar-refractivity contribution in [2.24, 2.45) is 5.10 Å². The molecule has 106 valence electrons. The first-order valence-electron chi connectivity index (χ1n) is 6.37. The largest absolute Gasteiger partial charge is 0.490 e. The molecule has 1 heterocycles. The Morgan fingerprint density at radius 1 is 1.33 bits per heavy atom. The molecule has 2 rings (SSSR count). The van der Waals surface area contributed by atoms with Crippen molar-refractivity contribution < 1.29 is 9.53 Å². The molecule has 0 radical (unpaired) electrons. The molecular formula is C16H15N3O2. The predicted molar refractivity (Wildman–Crippen MR) is 81.4 cm³/mol. The standard InChI is InChI=1S/C16H15N3O2/c1-2-10-21-15-5-3-4-13(11-15)12-18-19-16(20)14-6-8-17-9-7-14/h2-9,11-12H,1,10H2,(H,19,20)/b18-12-. The van der Waals surface area contributed by atoms with Gasteiger partial charge in [0.15, 0.2) is 0 Å². The van der Waals surface area contributed by atoms with Crippen LogP contribution in [0.25, 0.3) is 0 Å². The summed E-state index contributed by atoms with van der Waals surface area (Å²) in [5.74, 6) is 0.437. The second kappa shape index (κ2) is 7.59. The van der Waals surface area contributed by atoms with Gasteiger partial charge in [-0.25, -0.2) is 5.43 Å². The van der Waals surface area contributed by atoms with E-state index in [1.54, 1.807) is 36.8 Å². The zero-order chi connectivity index (χ0) is 14.9. The molecule has 0 atom stereocenters. The molecule has 1 amide bonds. The molecule has 0 aliphatic heterocycles. The van der Waals surface area contributed by atoms with Crippen LogP contribution in [0.3, 0.4) is 0 Å². The molecule has 0 saturated carbocycles. The third-order valence-corrected chi connectivity index (χ3v) is 2.55. The summed E-state index contributed by atoms with van der Waals surface area (Å²) in [6.07, 6.45) is 6.34. The summed E-state index contributed by atoms with van der Waals surface area (Å²) in [5, 5.41) is 3.92. The average molecular weight is 281 g/mol. The van der Waals surface area contributed by atoms with Crippen molar-refractivity contribution in [3.63, 3.8) is 0 Å². The molecule has 1 aromatic carbocycles. The van der Waals surface area contributed by atoms with E-state index in [2.05, 4.69) is 22.1 Å². The number of benzene rings is 1. The molecule has 2 aromatic rings. The molecule has 0 spiro atoms. The number of pyridine rings is 1. The third kappa shape index (κ3) is 4.58. The van der Waals surface area contributed by atoms with Crippen LogP contribution in [0, 0.1) is 0 Å². The average Bonchev–Trinajstić information content (AvgIpc) is 2.54. The number of hydrogen-bond donors (Lipinski definition) is 1. The molecule has 5 nitrogen and oxygen atoms in total. The first-order valence-corrected chi connectivity index (χ1v) is 6.37. The quantitative estimate of drug-likeness (QED) is 0.502. The van der Waals surface area contributed by atoms with Crippen LogP contribution in [0.2, 0.25) is 0 Å². The minimum atomic E-state index is -0.285. The Labute approximate surface area is 123 Å². The van der Waals surface area contributed by atoms with Gasteiger partial charge in [-0.05, 0) is 29.8 Å². The third-order valence-electron chi connectivity index (χ3n) is 2.55. The van der Waals surface area contributed by atoms with Crippen LogP contribution in [0.4, 0.5) is 0 Å². The first kappa shape index (κ1) is 14.5. The van der Waals surface area contributed by atoms with E-state index in [1.165, 1.54) is 0 Å². The summed E-state index contributed by atoms with van der Waals surface area (Å²) in [6, 6.07) is 10.6. The minimum absolute atomic E-state index is 0.285. The highest BCUT2D eigenvalue weighted by Crippen LogP contribution is 2.11. The van der Waals surface area contributed by atoms with Gasteiger partial charge in [0, 0.05) is 18.0 Å². The van der Waals surface area contributed by atoms with Gasteiger partial charge in [-0.3, -0.25) is 9.78 Å². The second-order valence-corrected chi connectivity index (χ2v) is 4.11. The van der Waals surface area contributed by atoms with Crippen LogP contribution < -0.4 is 10.2 Å². The van der Waals surface area contributed by atoms with Gasteiger partial charge in [-0.15, -0.1) is 0 Å². The Morgan fingerprint density at radius 3 is 2.90 bits per heavy atom. The zero-order valence-electron chi connectivity index (χ0n) is 11.4. The summed E-state index contributed by atoms with van der Waals surface area (Å²) >= 11 is 0. The maximum atomic E-state index is 11.8. The molecular weight excluding hydrogens is 266 g/mol. The number of amides is 1. The Bertz CT molecular complexity index is 639. The lowest BCUT2D eigenvalue weighted by molar-refractivity contribution is 0.0955. The van der Waals surface area contributed by atoms with Gasteiger partial charge < -0.3 is 4.74 Å². The summed E-state index contributed by atoms with van der Waals surface area (Å²) in [6.45, 7) is 4.04. The van der Waals surface area contributed by atoms with E-state index in [9.17, 15) is 4.79 Å². The van der Waals surface area contributed by atoms with Crippen molar-refractivity contribution in [3.8, 4) is 5.75 Å². The van der Waals surface area contributed by atoms with Gasteiger partial charge in [0.1, 0.15) is 12.4 Å². The number of rotatable bonds is 6. The lowest BCUT2D eigenvalue weighted by atomic mass is 10.2. The zero-order valence-corrected chi connectivity index (χ0v) is 11.4. The predicted octanol–water partition coefficient (Wildman–Crippen LogP) is 2.41. The highest BCUT2D eigenvalue weighted by Gasteiger charge is 2.01. The van der Waals surface area contributed by atoms with E-state index in [-0.39, 0.29) is 5.91 Å². The maximum absolute atomic E-state index is 11.8. The smallest absolute Gasteiger partial charge is 0.271 e. The number of nitrogens with zero attached hydrogens (tertiary/aromatic N) is 2. The number of aromatic nitrogens is 1. The van der Waals surface area contributed by atoms with Crippen LogP contribution in [0.1, 0.15) is 15.9 Å².